The molecule has 2 aliphatic heterocycles. The van der Waals surface area contributed by atoms with Gasteiger partial charge in [-0.1, -0.05) is 19.1 Å². The van der Waals surface area contributed by atoms with Crippen LogP contribution < -0.4 is 4.74 Å². The van der Waals surface area contributed by atoms with E-state index in [0.29, 0.717) is 25.0 Å². The maximum atomic E-state index is 11.7. The van der Waals surface area contributed by atoms with Gasteiger partial charge in [-0.3, -0.25) is 0 Å². The van der Waals surface area contributed by atoms with Gasteiger partial charge in [0.05, 0.1) is 12.9 Å². The molecule has 1 atom stereocenters. The molecule has 1 aromatic carbocycles. The fourth-order valence-corrected chi connectivity index (χ4v) is 5.22. The van der Waals surface area contributed by atoms with Crippen LogP contribution in [0.4, 0.5) is 0 Å². The average molecular weight is 431 g/mol. The Hall–Kier alpha value is -0.820. The maximum Gasteiger partial charge on any atom is 0.211 e. The van der Waals surface area contributed by atoms with E-state index >= 15 is 0 Å². The number of halogens is 1. The monoisotopic (exact) mass is 430 g/mol. The van der Waals surface area contributed by atoms with Crippen LogP contribution in [-0.4, -0.2) is 62.7 Å². The summed E-state index contributed by atoms with van der Waals surface area (Å²) < 4.78 is 30.8. The lowest BCUT2D eigenvalue weighted by Gasteiger charge is -2.36. The Morgan fingerprint density at radius 1 is 1.29 bits per heavy atom. The highest BCUT2D eigenvalue weighted by atomic mass is 35.5. The smallest absolute Gasteiger partial charge is 0.211 e. The molecule has 2 aliphatic rings. The van der Waals surface area contributed by atoms with Gasteiger partial charge in [-0.25, -0.2) is 12.7 Å². The second-order valence-corrected chi connectivity index (χ2v) is 10.2. The molecule has 2 heterocycles. The van der Waals surface area contributed by atoms with Crippen molar-refractivity contribution in [3.8, 4) is 5.75 Å². The molecule has 0 saturated carbocycles. The molecule has 5 nitrogen and oxygen atoms in total. The number of rotatable bonds is 8. The molecule has 7 heteroatoms. The third-order valence-electron chi connectivity index (χ3n) is 5.96. The minimum Gasteiger partial charge on any atom is -0.493 e. The van der Waals surface area contributed by atoms with E-state index in [-0.39, 0.29) is 12.4 Å². The summed E-state index contributed by atoms with van der Waals surface area (Å²) in [6.45, 7) is 8.84. The van der Waals surface area contributed by atoms with Crippen molar-refractivity contribution in [2.45, 2.75) is 52.0 Å². The molecule has 3 rings (SSSR count). The standard InChI is InChI=1S/C21H34N2O3S.ClH/c1-4-10-22(16-18-7-11-23(12-8-18)27(3,24)25)17(2)14-19-5-6-20-9-13-26-21(20)15-19;/h5-6,15,17-18H,4,7-14,16H2,1-3H3;1H. The van der Waals surface area contributed by atoms with Gasteiger partial charge in [0.25, 0.3) is 0 Å². The Balaban J connectivity index is 0.00000280. The zero-order chi connectivity index (χ0) is 19.4. The Morgan fingerprint density at radius 2 is 2.00 bits per heavy atom. The van der Waals surface area contributed by atoms with Crippen LogP contribution >= 0.6 is 12.4 Å². The highest BCUT2D eigenvalue weighted by Crippen LogP contribution is 2.27. The predicted octanol–water partition coefficient (Wildman–Crippen LogP) is 3.36. The Morgan fingerprint density at radius 3 is 2.64 bits per heavy atom. The second kappa shape index (κ2) is 10.3. The summed E-state index contributed by atoms with van der Waals surface area (Å²) in [5, 5.41) is 0. The van der Waals surface area contributed by atoms with Gasteiger partial charge in [-0.2, -0.15) is 0 Å². The van der Waals surface area contributed by atoms with Crippen LogP contribution in [0.3, 0.4) is 0 Å². The normalized spacial score (nSPS) is 19.1. The number of hydrogen-bond acceptors (Lipinski definition) is 4. The molecule has 0 bridgehead atoms. The van der Waals surface area contributed by atoms with Gasteiger partial charge >= 0.3 is 0 Å². The summed E-state index contributed by atoms with van der Waals surface area (Å²) in [5.74, 6) is 1.65. The zero-order valence-electron chi connectivity index (χ0n) is 17.4. The molecule has 0 amide bonds. The Kier molecular flexibility index (Phi) is 8.61. The quantitative estimate of drug-likeness (QED) is 0.634. The average Bonchev–Trinajstić information content (AvgIpc) is 3.09. The SMILES string of the molecule is CCCN(CC1CCN(S(C)(=O)=O)CC1)C(C)Cc1ccc2c(c1)OCC2.Cl. The fraction of sp³-hybridized carbons (Fsp3) is 0.714. The lowest BCUT2D eigenvalue weighted by Crippen LogP contribution is -2.44. The maximum absolute atomic E-state index is 11.7. The van der Waals surface area contributed by atoms with Crippen molar-refractivity contribution in [1.82, 2.24) is 9.21 Å². The molecule has 0 aromatic heterocycles. The summed E-state index contributed by atoms with van der Waals surface area (Å²) in [7, 11) is -3.04. The van der Waals surface area contributed by atoms with Crippen molar-refractivity contribution in [1.29, 1.82) is 0 Å². The number of fused-ring (bicyclic) bond motifs is 1. The molecule has 1 saturated heterocycles. The Bertz CT molecular complexity index is 733. The highest BCUT2D eigenvalue weighted by molar-refractivity contribution is 7.88. The second-order valence-electron chi connectivity index (χ2n) is 8.19. The van der Waals surface area contributed by atoms with E-state index in [0.717, 1.165) is 57.6 Å². The first-order valence-electron chi connectivity index (χ1n) is 10.3. The van der Waals surface area contributed by atoms with Gasteiger partial charge in [-0.15, -0.1) is 12.4 Å². The van der Waals surface area contributed by atoms with Crippen molar-refractivity contribution in [3.05, 3.63) is 29.3 Å². The van der Waals surface area contributed by atoms with Crippen molar-refractivity contribution in [2.24, 2.45) is 5.92 Å². The summed E-state index contributed by atoms with van der Waals surface area (Å²) in [5.41, 5.74) is 2.67. The number of sulfonamides is 1. The van der Waals surface area contributed by atoms with Crippen LogP contribution in [0.1, 0.15) is 44.2 Å². The molecule has 160 valence electrons. The third-order valence-corrected chi connectivity index (χ3v) is 7.26. The zero-order valence-corrected chi connectivity index (χ0v) is 19.0. The van der Waals surface area contributed by atoms with Gasteiger partial charge in [0.2, 0.25) is 10.0 Å². The van der Waals surface area contributed by atoms with Crippen LogP contribution in [0.25, 0.3) is 0 Å². The number of ether oxygens (including phenoxy) is 1. The van der Waals surface area contributed by atoms with Crippen molar-refractivity contribution in [2.75, 3.05) is 39.0 Å². The molecule has 1 unspecified atom stereocenters. The van der Waals surface area contributed by atoms with Gasteiger partial charge in [0.15, 0.2) is 0 Å². The highest BCUT2D eigenvalue weighted by Gasteiger charge is 2.27. The van der Waals surface area contributed by atoms with Crippen LogP contribution in [0, 0.1) is 5.92 Å². The van der Waals surface area contributed by atoms with E-state index in [2.05, 4.69) is 36.9 Å². The largest absolute Gasteiger partial charge is 0.493 e. The van der Waals surface area contributed by atoms with Crippen LogP contribution in [0.15, 0.2) is 18.2 Å². The number of piperidine rings is 1. The number of hydrogen-bond donors (Lipinski definition) is 0. The molecule has 0 aliphatic carbocycles. The van der Waals surface area contributed by atoms with E-state index in [1.165, 1.54) is 17.4 Å². The fourth-order valence-electron chi connectivity index (χ4n) is 4.34. The van der Waals surface area contributed by atoms with E-state index < -0.39 is 10.0 Å². The van der Waals surface area contributed by atoms with E-state index in [4.69, 9.17) is 4.74 Å². The first-order chi connectivity index (χ1) is 12.9. The van der Waals surface area contributed by atoms with Crippen LogP contribution in [-0.2, 0) is 22.9 Å². The topological polar surface area (TPSA) is 49.9 Å². The third kappa shape index (κ3) is 6.09. The predicted molar refractivity (Wildman–Crippen MR) is 117 cm³/mol. The number of nitrogens with zero attached hydrogens (tertiary/aromatic N) is 2. The molecule has 28 heavy (non-hydrogen) atoms. The molecule has 0 spiro atoms. The molecule has 1 aromatic rings. The minimum atomic E-state index is -3.04. The van der Waals surface area contributed by atoms with E-state index in [1.54, 1.807) is 4.31 Å². The summed E-state index contributed by atoms with van der Waals surface area (Å²) >= 11 is 0. The molecule has 0 N–H and O–H groups in total. The van der Waals surface area contributed by atoms with Crippen molar-refractivity contribution < 1.29 is 13.2 Å². The number of benzene rings is 1. The summed E-state index contributed by atoms with van der Waals surface area (Å²) in [6, 6.07) is 7.15. The van der Waals surface area contributed by atoms with Gasteiger partial charge in [0.1, 0.15) is 5.75 Å². The Labute approximate surface area is 176 Å². The lowest BCUT2D eigenvalue weighted by atomic mass is 9.95. The van der Waals surface area contributed by atoms with Gasteiger partial charge in [0, 0.05) is 32.1 Å². The van der Waals surface area contributed by atoms with E-state index in [1.807, 2.05) is 0 Å². The molecule has 0 radical (unpaired) electrons. The van der Waals surface area contributed by atoms with Crippen LogP contribution in [0.5, 0.6) is 5.75 Å². The van der Waals surface area contributed by atoms with Gasteiger partial charge in [-0.05, 0) is 62.3 Å². The van der Waals surface area contributed by atoms with Crippen LogP contribution in [0.2, 0.25) is 0 Å². The molecule has 1 fully saturated rings. The van der Waals surface area contributed by atoms with E-state index in [9.17, 15) is 8.42 Å². The van der Waals surface area contributed by atoms with Crippen molar-refractivity contribution >= 4 is 22.4 Å². The summed E-state index contributed by atoms with van der Waals surface area (Å²) in [4.78, 5) is 2.59. The van der Waals surface area contributed by atoms with Gasteiger partial charge < -0.3 is 9.64 Å². The first-order valence-corrected chi connectivity index (χ1v) is 12.2. The molecular formula is C21H35ClN2O3S. The summed E-state index contributed by atoms with van der Waals surface area (Å²) in [6.07, 6.45) is 6.44. The minimum absolute atomic E-state index is 0. The molecular weight excluding hydrogens is 396 g/mol. The first kappa shape index (κ1) is 23.5. The van der Waals surface area contributed by atoms with Crippen molar-refractivity contribution in [3.63, 3.8) is 0 Å². The lowest BCUT2D eigenvalue weighted by molar-refractivity contribution is 0.146.